The van der Waals surface area contributed by atoms with Gasteiger partial charge in [-0.3, -0.25) is 14.5 Å². The van der Waals surface area contributed by atoms with Gasteiger partial charge in [0.2, 0.25) is 15.9 Å². The van der Waals surface area contributed by atoms with Crippen molar-refractivity contribution in [1.82, 2.24) is 9.62 Å². The number of amides is 1. The number of aliphatic carboxylic acids is 1. The molecule has 0 bridgehead atoms. The van der Waals surface area contributed by atoms with E-state index in [1.807, 2.05) is 24.3 Å². The van der Waals surface area contributed by atoms with Gasteiger partial charge in [0.15, 0.2) is 0 Å². The zero-order valence-electron chi connectivity index (χ0n) is 24.0. The molecule has 1 aliphatic rings. The number of nitrogens with one attached hydrogen (secondary N) is 1. The highest BCUT2D eigenvalue weighted by atomic mass is 35.5. The number of carboxylic acid groups (broad SMARTS) is 1. The van der Waals surface area contributed by atoms with Crippen molar-refractivity contribution in [3.8, 4) is 5.75 Å². The number of sulfonamides is 1. The molecule has 12 heteroatoms. The number of carboxylic acids is 1. The summed E-state index contributed by atoms with van der Waals surface area (Å²) in [4.78, 5) is 29.2. The zero-order chi connectivity index (χ0) is 32.1. The summed E-state index contributed by atoms with van der Waals surface area (Å²) in [5, 5.41) is 21.1. The van der Waals surface area contributed by atoms with Crippen LogP contribution < -0.4 is 9.62 Å². The van der Waals surface area contributed by atoms with Gasteiger partial charge in [0.1, 0.15) is 17.5 Å². The third-order valence-corrected chi connectivity index (χ3v) is 9.36. The van der Waals surface area contributed by atoms with E-state index >= 15 is 0 Å². The quantitative estimate of drug-likeness (QED) is 0.191. The minimum atomic E-state index is -4.37. The molecular formula is C33H31Cl2N3O6S. The molecule has 1 fully saturated rings. The fraction of sp³-hybridized carbons (Fsp3) is 0.212. The molecule has 4 aromatic rings. The van der Waals surface area contributed by atoms with E-state index in [-0.39, 0.29) is 18.2 Å². The zero-order valence-corrected chi connectivity index (χ0v) is 26.3. The van der Waals surface area contributed by atoms with Gasteiger partial charge in [-0.2, -0.15) is 0 Å². The summed E-state index contributed by atoms with van der Waals surface area (Å²) in [5.74, 6) is -3.17. The Kier molecular flexibility index (Phi) is 10.1. The first kappa shape index (κ1) is 32.5. The van der Waals surface area contributed by atoms with Crippen LogP contribution in [0.1, 0.15) is 22.7 Å². The molecule has 0 aromatic heterocycles. The minimum absolute atomic E-state index is 0.0866. The number of carbonyl (C=O) groups is 2. The van der Waals surface area contributed by atoms with Crippen LogP contribution in [0.5, 0.6) is 5.75 Å². The second-order valence-electron chi connectivity index (χ2n) is 10.9. The second kappa shape index (κ2) is 14.0. The molecular weight excluding hydrogens is 637 g/mol. The average Bonchev–Trinajstić information content (AvgIpc) is 2.97. The number of phenolic OH excluding ortho intramolecular Hbond substituents is 1. The molecule has 5 rings (SSSR count). The summed E-state index contributed by atoms with van der Waals surface area (Å²) in [6.45, 7) is 0.771. The van der Waals surface area contributed by atoms with Crippen molar-refractivity contribution in [3.63, 3.8) is 0 Å². The summed E-state index contributed by atoms with van der Waals surface area (Å²) in [5.41, 5.74) is 2.90. The standard InChI is InChI=1S/C33H31Cl2N3O6S/c34-25-13-9-23(10-14-25)32(24-11-15-26(35)16-12-24)37-19-28(20-37)38(27-7-4-8-29(39)18-27)31(40)21-45(43,44)36-30(33(41)42)17-22-5-2-1-3-6-22/h1-16,18,28,30,32,36,39H,17,19-21H2,(H,41,42). The highest BCUT2D eigenvalue weighted by Crippen LogP contribution is 2.36. The average molecular weight is 669 g/mol. The topological polar surface area (TPSA) is 127 Å². The van der Waals surface area contributed by atoms with E-state index in [1.165, 1.54) is 17.0 Å². The fourth-order valence-electron chi connectivity index (χ4n) is 5.49. The number of phenols is 1. The van der Waals surface area contributed by atoms with Crippen LogP contribution in [-0.4, -0.2) is 66.3 Å². The third kappa shape index (κ3) is 8.22. The summed E-state index contributed by atoms with van der Waals surface area (Å²) in [7, 11) is -4.37. The van der Waals surface area contributed by atoms with Gasteiger partial charge in [-0.25, -0.2) is 13.1 Å². The molecule has 0 saturated carbocycles. The molecule has 4 aromatic carbocycles. The number of carbonyl (C=O) groups excluding carboxylic acids is 1. The van der Waals surface area contributed by atoms with E-state index in [0.717, 1.165) is 11.1 Å². The highest BCUT2D eigenvalue weighted by molar-refractivity contribution is 7.90. The lowest BCUT2D eigenvalue weighted by Crippen LogP contribution is -2.63. The number of rotatable bonds is 12. The Bertz CT molecular complexity index is 1700. The smallest absolute Gasteiger partial charge is 0.322 e. The van der Waals surface area contributed by atoms with Crippen LogP contribution in [-0.2, 0) is 26.0 Å². The lowest BCUT2D eigenvalue weighted by molar-refractivity contribution is -0.139. The van der Waals surface area contributed by atoms with Crippen LogP contribution in [0.4, 0.5) is 5.69 Å². The van der Waals surface area contributed by atoms with E-state index in [0.29, 0.717) is 34.4 Å². The molecule has 0 spiro atoms. The molecule has 1 atom stereocenters. The Morgan fingerprint density at radius 3 is 1.98 bits per heavy atom. The van der Waals surface area contributed by atoms with E-state index in [2.05, 4.69) is 9.62 Å². The van der Waals surface area contributed by atoms with Crippen molar-refractivity contribution in [2.24, 2.45) is 0 Å². The molecule has 3 N–H and O–H groups in total. The van der Waals surface area contributed by atoms with E-state index in [4.69, 9.17) is 23.2 Å². The Labute approximate surface area is 271 Å². The van der Waals surface area contributed by atoms with Crippen molar-refractivity contribution in [3.05, 3.63) is 130 Å². The van der Waals surface area contributed by atoms with Crippen LogP contribution >= 0.6 is 23.2 Å². The number of anilines is 1. The van der Waals surface area contributed by atoms with Crippen molar-refractivity contribution in [1.29, 1.82) is 0 Å². The molecule has 1 aliphatic heterocycles. The molecule has 234 valence electrons. The maximum absolute atomic E-state index is 13.7. The van der Waals surface area contributed by atoms with Crippen molar-refractivity contribution < 1.29 is 28.2 Å². The number of aromatic hydroxyl groups is 1. The van der Waals surface area contributed by atoms with E-state index in [9.17, 15) is 28.2 Å². The number of likely N-dealkylation sites (tertiary alicyclic amines) is 1. The lowest BCUT2D eigenvalue weighted by Gasteiger charge is -2.49. The van der Waals surface area contributed by atoms with Gasteiger partial charge in [-0.15, -0.1) is 0 Å². The van der Waals surface area contributed by atoms with Gasteiger partial charge in [-0.05, 0) is 59.5 Å². The molecule has 9 nitrogen and oxygen atoms in total. The number of hydrogen-bond acceptors (Lipinski definition) is 6. The largest absolute Gasteiger partial charge is 0.508 e. The molecule has 45 heavy (non-hydrogen) atoms. The highest BCUT2D eigenvalue weighted by Gasteiger charge is 2.41. The van der Waals surface area contributed by atoms with Crippen LogP contribution in [0, 0.1) is 0 Å². The van der Waals surface area contributed by atoms with Gasteiger partial charge in [-0.1, -0.05) is 83.9 Å². The summed E-state index contributed by atoms with van der Waals surface area (Å²) < 4.78 is 28.5. The summed E-state index contributed by atoms with van der Waals surface area (Å²) >= 11 is 12.3. The number of halogens is 2. The first-order chi connectivity index (χ1) is 21.5. The Balaban J connectivity index is 1.37. The lowest BCUT2D eigenvalue weighted by atomic mass is 9.92. The Morgan fingerprint density at radius 2 is 1.44 bits per heavy atom. The number of hydrogen-bond donors (Lipinski definition) is 3. The summed E-state index contributed by atoms with van der Waals surface area (Å²) in [6.07, 6.45) is -0.0891. The predicted molar refractivity (Wildman–Crippen MR) is 174 cm³/mol. The summed E-state index contributed by atoms with van der Waals surface area (Å²) in [6, 6.07) is 27.5. The van der Waals surface area contributed by atoms with E-state index in [1.54, 1.807) is 66.7 Å². The SMILES string of the molecule is O=C(O)C(Cc1ccccc1)NS(=O)(=O)CC(=O)N(c1cccc(O)c1)C1CN(C(c2ccc(Cl)cc2)c2ccc(Cl)cc2)C1. The van der Waals surface area contributed by atoms with Crippen molar-refractivity contribution >= 4 is 50.8 Å². The van der Waals surface area contributed by atoms with Crippen molar-refractivity contribution in [2.75, 3.05) is 23.7 Å². The van der Waals surface area contributed by atoms with Crippen molar-refractivity contribution in [2.45, 2.75) is 24.5 Å². The van der Waals surface area contributed by atoms with E-state index < -0.39 is 39.7 Å². The molecule has 0 radical (unpaired) electrons. The normalized spacial score (nSPS) is 14.6. The first-order valence-electron chi connectivity index (χ1n) is 14.1. The minimum Gasteiger partial charge on any atom is -0.508 e. The maximum Gasteiger partial charge on any atom is 0.322 e. The predicted octanol–water partition coefficient (Wildman–Crippen LogP) is 5.12. The Hall–Kier alpha value is -3.93. The monoisotopic (exact) mass is 667 g/mol. The van der Waals surface area contributed by atoms with Gasteiger partial charge >= 0.3 is 5.97 Å². The van der Waals surface area contributed by atoms with Gasteiger partial charge in [0.25, 0.3) is 0 Å². The Morgan fingerprint density at radius 1 is 0.867 bits per heavy atom. The molecule has 1 unspecified atom stereocenters. The van der Waals surface area contributed by atoms with Gasteiger partial charge in [0.05, 0.1) is 12.1 Å². The molecule has 1 heterocycles. The second-order valence-corrected chi connectivity index (χ2v) is 13.5. The van der Waals surface area contributed by atoms with Crippen LogP contribution in [0.3, 0.4) is 0 Å². The molecule has 1 amide bonds. The fourth-order valence-corrected chi connectivity index (χ4v) is 6.90. The molecule has 0 aliphatic carbocycles. The molecule has 1 saturated heterocycles. The first-order valence-corrected chi connectivity index (χ1v) is 16.5. The van der Waals surface area contributed by atoms with Gasteiger partial charge in [0, 0.05) is 34.9 Å². The maximum atomic E-state index is 13.7. The number of nitrogens with zero attached hydrogens (tertiary/aromatic N) is 2. The van der Waals surface area contributed by atoms with Crippen LogP contribution in [0.2, 0.25) is 10.0 Å². The third-order valence-electron chi connectivity index (χ3n) is 7.58. The number of benzene rings is 4. The van der Waals surface area contributed by atoms with Crippen LogP contribution in [0.15, 0.2) is 103 Å². The van der Waals surface area contributed by atoms with Crippen LogP contribution in [0.25, 0.3) is 0 Å². The van der Waals surface area contributed by atoms with Gasteiger partial charge < -0.3 is 15.1 Å².